The van der Waals surface area contributed by atoms with E-state index in [2.05, 4.69) is 30.4 Å². The third kappa shape index (κ3) is 1.43. The molecular formula is C17H18O. The minimum Gasteiger partial charge on any atom is -0.300 e. The van der Waals surface area contributed by atoms with Gasteiger partial charge in [0.2, 0.25) is 0 Å². The zero-order valence-electron chi connectivity index (χ0n) is 10.6. The summed E-state index contributed by atoms with van der Waals surface area (Å²) < 4.78 is 0. The summed E-state index contributed by atoms with van der Waals surface area (Å²) in [5, 5.41) is 0. The van der Waals surface area contributed by atoms with E-state index in [-0.39, 0.29) is 0 Å². The molecule has 4 aliphatic carbocycles. The zero-order valence-corrected chi connectivity index (χ0v) is 10.6. The maximum Gasteiger partial charge on any atom is 0.133 e. The number of carbonyl (C=O) groups is 1. The molecule has 3 unspecified atom stereocenters. The molecule has 0 aromatic heterocycles. The minimum atomic E-state index is 0.476. The summed E-state index contributed by atoms with van der Waals surface area (Å²) in [6.07, 6.45) is 16.5. The first-order valence-corrected chi connectivity index (χ1v) is 7.14. The van der Waals surface area contributed by atoms with E-state index in [0.717, 1.165) is 19.3 Å². The first-order chi connectivity index (χ1) is 8.83. The normalized spacial score (nSPS) is 37.2. The van der Waals surface area contributed by atoms with Gasteiger partial charge in [-0.3, -0.25) is 4.79 Å². The van der Waals surface area contributed by atoms with Crippen molar-refractivity contribution in [3.63, 3.8) is 0 Å². The molecule has 1 saturated carbocycles. The van der Waals surface area contributed by atoms with Crippen LogP contribution in [0.15, 0.2) is 47.1 Å². The third-order valence-corrected chi connectivity index (χ3v) is 5.12. The van der Waals surface area contributed by atoms with Gasteiger partial charge in [0.25, 0.3) is 0 Å². The lowest BCUT2D eigenvalue weighted by molar-refractivity contribution is -0.120. The number of fused-ring (bicyclic) bond motifs is 4. The van der Waals surface area contributed by atoms with Crippen molar-refractivity contribution in [2.45, 2.75) is 32.1 Å². The van der Waals surface area contributed by atoms with Crippen molar-refractivity contribution in [1.82, 2.24) is 0 Å². The number of carbonyl (C=O) groups excluding carboxylic acids is 1. The Morgan fingerprint density at radius 3 is 3.00 bits per heavy atom. The summed E-state index contributed by atoms with van der Waals surface area (Å²) in [4.78, 5) is 11.6. The molecule has 0 N–H and O–H groups in total. The van der Waals surface area contributed by atoms with Gasteiger partial charge in [0.05, 0.1) is 0 Å². The van der Waals surface area contributed by atoms with Gasteiger partial charge in [0, 0.05) is 18.8 Å². The van der Waals surface area contributed by atoms with Crippen LogP contribution < -0.4 is 0 Å². The Hall–Kier alpha value is -1.37. The SMILES string of the molecule is O=C1CCC2=C3C=CC4=CC=CC4C3CCC2C1. The maximum absolute atomic E-state index is 11.6. The summed E-state index contributed by atoms with van der Waals surface area (Å²) in [7, 11) is 0. The number of hydrogen-bond donors (Lipinski definition) is 0. The van der Waals surface area contributed by atoms with Crippen LogP contribution in [0.4, 0.5) is 0 Å². The number of rotatable bonds is 0. The second-order valence-corrected chi connectivity index (χ2v) is 6.01. The molecule has 4 aliphatic rings. The molecule has 0 bridgehead atoms. The lowest BCUT2D eigenvalue weighted by Crippen LogP contribution is -2.30. The molecule has 0 saturated heterocycles. The van der Waals surface area contributed by atoms with Crippen LogP contribution in [0.5, 0.6) is 0 Å². The first kappa shape index (κ1) is 10.5. The molecule has 0 spiro atoms. The van der Waals surface area contributed by atoms with Crippen LogP contribution in [-0.2, 0) is 4.79 Å². The summed E-state index contributed by atoms with van der Waals surface area (Å²) in [5.74, 6) is 2.36. The fourth-order valence-electron chi connectivity index (χ4n) is 4.24. The van der Waals surface area contributed by atoms with Crippen molar-refractivity contribution in [3.8, 4) is 0 Å². The van der Waals surface area contributed by atoms with Crippen molar-refractivity contribution in [2.24, 2.45) is 17.8 Å². The van der Waals surface area contributed by atoms with Gasteiger partial charge in [-0.2, -0.15) is 0 Å². The highest BCUT2D eigenvalue weighted by molar-refractivity contribution is 5.81. The largest absolute Gasteiger partial charge is 0.300 e. The topological polar surface area (TPSA) is 17.1 Å². The van der Waals surface area contributed by atoms with Crippen molar-refractivity contribution < 1.29 is 4.79 Å². The van der Waals surface area contributed by atoms with Crippen LogP contribution >= 0.6 is 0 Å². The molecule has 4 rings (SSSR count). The molecule has 0 aromatic carbocycles. The lowest BCUT2D eigenvalue weighted by Gasteiger charge is -2.40. The molecular weight excluding hydrogens is 220 g/mol. The van der Waals surface area contributed by atoms with Crippen molar-refractivity contribution in [1.29, 1.82) is 0 Å². The molecule has 1 heteroatoms. The van der Waals surface area contributed by atoms with E-state index in [0.29, 0.717) is 23.5 Å². The van der Waals surface area contributed by atoms with Gasteiger partial charge in [-0.05, 0) is 42.2 Å². The van der Waals surface area contributed by atoms with Crippen LogP contribution in [0, 0.1) is 17.8 Å². The van der Waals surface area contributed by atoms with E-state index >= 15 is 0 Å². The van der Waals surface area contributed by atoms with Gasteiger partial charge < -0.3 is 0 Å². The van der Waals surface area contributed by atoms with E-state index in [4.69, 9.17) is 0 Å². The molecule has 0 aliphatic heterocycles. The second-order valence-electron chi connectivity index (χ2n) is 6.01. The Morgan fingerprint density at radius 2 is 2.06 bits per heavy atom. The molecule has 0 amide bonds. The fraction of sp³-hybridized carbons (Fsp3) is 0.471. The third-order valence-electron chi connectivity index (χ3n) is 5.12. The smallest absolute Gasteiger partial charge is 0.133 e. The molecule has 1 fully saturated rings. The Bertz CT molecular complexity index is 530. The van der Waals surface area contributed by atoms with Crippen LogP contribution in [0.2, 0.25) is 0 Å². The highest BCUT2D eigenvalue weighted by Crippen LogP contribution is 2.49. The van der Waals surface area contributed by atoms with Crippen molar-refractivity contribution in [3.05, 3.63) is 47.1 Å². The predicted octanol–water partition coefficient (Wildman–Crippen LogP) is 3.74. The van der Waals surface area contributed by atoms with Gasteiger partial charge in [0.15, 0.2) is 0 Å². The van der Waals surface area contributed by atoms with Gasteiger partial charge in [-0.1, -0.05) is 36.0 Å². The number of hydrogen-bond acceptors (Lipinski definition) is 1. The second kappa shape index (κ2) is 3.81. The predicted molar refractivity (Wildman–Crippen MR) is 72.0 cm³/mol. The summed E-state index contributed by atoms with van der Waals surface area (Å²) >= 11 is 0. The first-order valence-electron chi connectivity index (χ1n) is 7.14. The monoisotopic (exact) mass is 238 g/mol. The quantitative estimate of drug-likeness (QED) is 0.628. The molecule has 18 heavy (non-hydrogen) atoms. The fourth-order valence-corrected chi connectivity index (χ4v) is 4.24. The van der Waals surface area contributed by atoms with Gasteiger partial charge in [-0.25, -0.2) is 0 Å². The minimum absolute atomic E-state index is 0.476. The van der Waals surface area contributed by atoms with Crippen LogP contribution in [-0.4, -0.2) is 5.78 Å². The molecule has 0 heterocycles. The molecule has 0 aromatic rings. The molecule has 92 valence electrons. The van der Waals surface area contributed by atoms with E-state index in [1.54, 1.807) is 11.1 Å². The van der Waals surface area contributed by atoms with Crippen molar-refractivity contribution in [2.75, 3.05) is 0 Å². The molecule has 3 atom stereocenters. The van der Waals surface area contributed by atoms with Crippen molar-refractivity contribution >= 4 is 5.78 Å². The van der Waals surface area contributed by atoms with E-state index in [1.807, 2.05) is 0 Å². The summed E-state index contributed by atoms with van der Waals surface area (Å²) in [6, 6.07) is 0. The Labute approximate surface area is 108 Å². The molecule has 1 nitrogen and oxygen atoms in total. The molecule has 0 radical (unpaired) electrons. The summed E-state index contributed by atoms with van der Waals surface area (Å²) in [6.45, 7) is 0. The van der Waals surface area contributed by atoms with Gasteiger partial charge in [0.1, 0.15) is 5.78 Å². The zero-order chi connectivity index (χ0) is 12.1. The van der Waals surface area contributed by atoms with Crippen LogP contribution in [0.3, 0.4) is 0 Å². The Morgan fingerprint density at radius 1 is 1.11 bits per heavy atom. The van der Waals surface area contributed by atoms with Gasteiger partial charge >= 0.3 is 0 Å². The average Bonchev–Trinajstić information content (AvgIpc) is 2.86. The number of ketones is 1. The van der Waals surface area contributed by atoms with Gasteiger partial charge in [-0.15, -0.1) is 0 Å². The average molecular weight is 238 g/mol. The van der Waals surface area contributed by atoms with Crippen LogP contribution in [0.1, 0.15) is 32.1 Å². The summed E-state index contributed by atoms with van der Waals surface area (Å²) in [5.41, 5.74) is 4.67. The number of Topliss-reactive ketones (excluding diaryl/α,β-unsaturated/α-hetero) is 1. The number of allylic oxidation sites excluding steroid dienone is 8. The standard InChI is InChI=1S/C17H18O/c18-13-6-9-15-12(10-13)5-8-16-14-3-1-2-11(14)4-7-17(15)16/h1-4,7,12,14,16H,5-6,8-10H2. The lowest BCUT2D eigenvalue weighted by atomic mass is 9.64. The highest BCUT2D eigenvalue weighted by Gasteiger charge is 2.38. The maximum atomic E-state index is 11.6. The highest BCUT2D eigenvalue weighted by atomic mass is 16.1. The Kier molecular flexibility index (Phi) is 2.23. The van der Waals surface area contributed by atoms with E-state index < -0.39 is 0 Å². The van der Waals surface area contributed by atoms with E-state index in [9.17, 15) is 4.79 Å². The Balaban J connectivity index is 1.77. The van der Waals surface area contributed by atoms with Crippen LogP contribution in [0.25, 0.3) is 0 Å². The van der Waals surface area contributed by atoms with E-state index in [1.165, 1.54) is 18.4 Å².